The molecule has 1 heterocycles. The second-order valence-corrected chi connectivity index (χ2v) is 7.28. The fourth-order valence-corrected chi connectivity index (χ4v) is 3.26. The number of hydrogen-bond donors (Lipinski definition) is 3. The van der Waals surface area contributed by atoms with Gasteiger partial charge < -0.3 is 21.1 Å². The normalized spacial score (nSPS) is 10.8. The molecule has 1 aromatic heterocycles. The number of aliphatic imine (C=N–C) groups is 1. The molecule has 34 heavy (non-hydrogen) atoms. The highest BCUT2D eigenvalue weighted by Crippen LogP contribution is 2.21. The Hall–Kier alpha value is -3.33. The van der Waals surface area contributed by atoms with Crippen LogP contribution in [-0.2, 0) is 13.0 Å². The zero-order chi connectivity index (χ0) is 23.6. The summed E-state index contributed by atoms with van der Waals surface area (Å²) in [7, 11) is 1.64. The molecule has 3 aromatic rings. The Kier molecular flexibility index (Phi) is 10.6. The highest BCUT2D eigenvalue weighted by molar-refractivity contribution is 14.0. The largest absolute Gasteiger partial charge is 0.497 e. The lowest BCUT2D eigenvalue weighted by molar-refractivity contribution is 0.414. The van der Waals surface area contributed by atoms with E-state index in [4.69, 9.17) is 10.5 Å². The van der Waals surface area contributed by atoms with Crippen molar-refractivity contribution in [2.75, 3.05) is 25.9 Å². The first-order valence-electron chi connectivity index (χ1n) is 10.7. The van der Waals surface area contributed by atoms with Crippen molar-refractivity contribution < 1.29 is 9.13 Å². The quantitative estimate of drug-likeness (QED) is 0.155. The van der Waals surface area contributed by atoms with Crippen LogP contribution in [0.25, 0.3) is 5.69 Å². The summed E-state index contributed by atoms with van der Waals surface area (Å²) < 4.78 is 19.9. The molecule has 0 fully saturated rings. The first-order valence-corrected chi connectivity index (χ1v) is 10.7. The number of halogens is 2. The van der Waals surface area contributed by atoms with E-state index in [1.54, 1.807) is 19.2 Å². The van der Waals surface area contributed by atoms with E-state index in [2.05, 4.69) is 26.8 Å². The second kappa shape index (κ2) is 13.4. The number of ether oxygens (including phenoxy) is 1. The van der Waals surface area contributed by atoms with Crippen LogP contribution in [0.15, 0.2) is 53.5 Å². The Morgan fingerprint density at radius 3 is 2.50 bits per heavy atom. The highest BCUT2D eigenvalue weighted by atomic mass is 127. The number of rotatable bonds is 9. The van der Waals surface area contributed by atoms with Gasteiger partial charge in [0.1, 0.15) is 29.0 Å². The van der Waals surface area contributed by atoms with Gasteiger partial charge in [-0.25, -0.2) is 14.1 Å². The Bertz CT molecular complexity index is 1120. The third-order valence-corrected chi connectivity index (χ3v) is 4.98. The fourth-order valence-electron chi connectivity index (χ4n) is 3.26. The van der Waals surface area contributed by atoms with Gasteiger partial charge in [-0.1, -0.05) is 12.1 Å². The summed E-state index contributed by atoms with van der Waals surface area (Å²) in [5.74, 6) is 1.43. The number of hydrogen-bond acceptors (Lipinski definition) is 5. The van der Waals surface area contributed by atoms with Crippen molar-refractivity contribution in [3.05, 3.63) is 71.2 Å². The minimum atomic E-state index is -0.346. The lowest BCUT2D eigenvalue weighted by Gasteiger charge is -2.11. The average Bonchev–Trinajstić information content (AvgIpc) is 3.16. The van der Waals surface area contributed by atoms with Gasteiger partial charge in [0.15, 0.2) is 5.96 Å². The van der Waals surface area contributed by atoms with E-state index >= 15 is 0 Å². The Morgan fingerprint density at radius 2 is 1.88 bits per heavy atom. The van der Waals surface area contributed by atoms with Crippen LogP contribution in [0.4, 0.5) is 10.2 Å². The van der Waals surface area contributed by atoms with E-state index in [0.29, 0.717) is 42.4 Å². The molecular weight excluding hydrogens is 548 g/mol. The first kappa shape index (κ1) is 26.9. The van der Waals surface area contributed by atoms with Crippen LogP contribution in [0.3, 0.4) is 0 Å². The molecule has 0 radical (unpaired) electrons. The third kappa shape index (κ3) is 7.08. The maximum Gasteiger partial charge on any atom is 0.191 e. The minimum Gasteiger partial charge on any atom is -0.497 e. The predicted octanol–water partition coefficient (Wildman–Crippen LogP) is 3.78. The molecule has 0 saturated heterocycles. The lowest BCUT2D eigenvalue weighted by Crippen LogP contribution is -2.37. The molecule has 10 heteroatoms. The van der Waals surface area contributed by atoms with Crippen molar-refractivity contribution in [3.63, 3.8) is 0 Å². The summed E-state index contributed by atoms with van der Waals surface area (Å²) in [5.41, 5.74) is 8.76. The second-order valence-electron chi connectivity index (χ2n) is 7.28. The smallest absolute Gasteiger partial charge is 0.191 e. The number of aromatic nitrogens is 2. The molecular formula is C24H29FIN7O. The molecule has 0 unspecified atom stereocenters. The van der Waals surface area contributed by atoms with Gasteiger partial charge in [-0.2, -0.15) is 10.4 Å². The fraction of sp³-hybridized carbons (Fsp3) is 0.292. The number of nitrogen functional groups attached to an aromatic ring is 1. The molecule has 8 nitrogen and oxygen atoms in total. The van der Waals surface area contributed by atoms with Gasteiger partial charge in [0.05, 0.1) is 25.0 Å². The molecule has 2 aromatic carbocycles. The van der Waals surface area contributed by atoms with Crippen LogP contribution in [0.2, 0.25) is 0 Å². The van der Waals surface area contributed by atoms with E-state index in [1.807, 2.05) is 31.2 Å². The van der Waals surface area contributed by atoms with E-state index in [0.717, 1.165) is 24.3 Å². The third-order valence-electron chi connectivity index (χ3n) is 4.98. The molecule has 0 aliphatic rings. The number of benzene rings is 2. The SMILES string of the molecule is CCNC(=NCc1ccc(OC)cc1)NCCCc1nn(-c2ccc(F)cc2)c(N)c1C#N.I. The van der Waals surface area contributed by atoms with Gasteiger partial charge >= 0.3 is 0 Å². The molecule has 0 amide bonds. The van der Waals surface area contributed by atoms with Gasteiger partial charge in [-0.05, 0) is 61.7 Å². The number of anilines is 1. The summed E-state index contributed by atoms with van der Waals surface area (Å²) in [6.45, 7) is 3.93. The van der Waals surface area contributed by atoms with Gasteiger partial charge in [0, 0.05) is 13.1 Å². The highest BCUT2D eigenvalue weighted by Gasteiger charge is 2.16. The monoisotopic (exact) mass is 577 g/mol. The van der Waals surface area contributed by atoms with E-state index < -0.39 is 0 Å². The van der Waals surface area contributed by atoms with Crippen molar-refractivity contribution in [1.82, 2.24) is 20.4 Å². The summed E-state index contributed by atoms with van der Waals surface area (Å²) in [6, 6.07) is 15.7. The Balaban J connectivity index is 0.00000408. The zero-order valence-electron chi connectivity index (χ0n) is 19.2. The standard InChI is InChI=1S/C24H28FN7O.HI/c1-3-28-24(30-16-17-6-12-20(33-2)13-7-17)29-14-4-5-22-21(15-26)23(27)32(31-22)19-10-8-18(25)9-11-19;/h6-13H,3-5,14,16,27H2,1-2H3,(H2,28,29,30);1H. The molecule has 0 spiro atoms. The number of guanidine groups is 1. The summed E-state index contributed by atoms with van der Waals surface area (Å²) in [4.78, 5) is 4.61. The molecule has 0 aliphatic carbocycles. The van der Waals surface area contributed by atoms with Crippen LogP contribution in [0, 0.1) is 17.1 Å². The topological polar surface area (TPSA) is 113 Å². The molecule has 0 bridgehead atoms. The zero-order valence-corrected chi connectivity index (χ0v) is 21.5. The van der Waals surface area contributed by atoms with E-state index in [9.17, 15) is 9.65 Å². The Morgan fingerprint density at radius 1 is 1.18 bits per heavy atom. The summed E-state index contributed by atoms with van der Waals surface area (Å²) >= 11 is 0. The maximum atomic E-state index is 13.2. The van der Waals surface area contributed by atoms with Crippen LogP contribution in [-0.4, -0.2) is 35.9 Å². The molecule has 180 valence electrons. The number of methoxy groups -OCH3 is 1. The van der Waals surface area contributed by atoms with Gasteiger partial charge in [0.25, 0.3) is 0 Å². The van der Waals surface area contributed by atoms with Crippen LogP contribution < -0.4 is 21.1 Å². The van der Waals surface area contributed by atoms with Gasteiger partial charge in [-0.3, -0.25) is 0 Å². The number of nitrogens with one attached hydrogen (secondary N) is 2. The number of nitrogens with two attached hydrogens (primary N) is 1. The van der Waals surface area contributed by atoms with Crippen molar-refractivity contribution in [3.8, 4) is 17.5 Å². The van der Waals surface area contributed by atoms with E-state index in [1.165, 1.54) is 16.8 Å². The molecule has 3 rings (SSSR count). The maximum absolute atomic E-state index is 13.2. The number of nitriles is 1. The number of nitrogens with zero attached hydrogens (tertiary/aromatic N) is 4. The van der Waals surface area contributed by atoms with Crippen molar-refractivity contribution in [2.45, 2.75) is 26.3 Å². The lowest BCUT2D eigenvalue weighted by atomic mass is 10.1. The van der Waals surface area contributed by atoms with Crippen LogP contribution in [0.5, 0.6) is 5.75 Å². The average molecular weight is 577 g/mol. The molecule has 0 atom stereocenters. The van der Waals surface area contributed by atoms with Crippen molar-refractivity contribution in [1.29, 1.82) is 5.26 Å². The summed E-state index contributed by atoms with van der Waals surface area (Å²) in [5, 5.41) is 20.6. The summed E-state index contributed by atoms with van der Waals surface area (Å²) in [6.07, 6.45) is 1.29. The van der Waals surface area contributed by atoms with Crippen molar-refractivity contribution >= 4 is 35.8 Å². The molecule has 0 aliphatic heterocycles. The molecule has 0 saturated carbocycles. The number of aryl methyl sites for hydroxylation is 1. The minimum absolute atomic E-state index is 0. The van der Waals surface area contributed by atoms with E-state index in [-0.39, 0.29) is 35.6 Å². The van der Waals surface area contributed by atoms with Gasteiger partial charge in [-0.15, -0.1) is 24.0 Å². The molecule has 4 N–H and O–H groups in total. The Labute approximate surface area is 216 Å². The van der Waals surface area contributed by atoms with Crippen molar-refractivity contribution in [2.24, 2.45) is 4.99 Å². The van der Waals surface area contributed by atoms with Crippen LogP contribution >= 0.6 is 24.0 Å². The first-order chi connectivity index (χ1) is 16.0. The van der Waals surface area contributed by atoms with Gasteiger partial charge in [0.2, 0.25) is 0 Å². The predicted molar refractivity (Wildman–Crippen MR) is 142 cm³/mol. The van der Waals surface area contributed by atoms with Crippen LogP contribution in [0.1, 0.15) is 30.2 Å².